The third-order valence-corrected chi connectivity index (χ3v) is 5.08. The molecule has 3 heterocycles. The minimum atomic E-state index is 0.839. The van der Waals surface area contributed by atoms with Crippen LogP contribution in [-0.4, -0.2) is 44.1 Å². The molecule has 1 N–H and O–H groups in total. The Morgan fingerprint density at radius 1 is 1.15 bits per heavy atom. The van der Waals surface area contributed by atoms with Crippen molar-refractivity contribution in [2.75, 3.05) is 25.0 Å². The molecule has 138 valence electrons. The number of hydrogen-bond acceptors (Lipinski definition) is 5. The average molecular weight is 352 g/mol. The lowest BCUT2D eigenvalue weighted by molar-refractivity contribution is 0.293. The summed E-state index contributed by atoms with van der Waals surface area (Å²) in [5.41, 5.74) is 4.42. The van der Waals surface area contributed by atoms with Gasteiger partial charge < -0.3 is 14.8 Å². The van der Waals surface area contributed by atoms with Crippen molar-refractivity contribution in [3.05, 3.63) is 42.1 Å². The van der Waals surface area contributed by atoms with Gasteiger partial charge in [0.05, 0.1) is 17.3 Å². The predicted octanol–water partition coefficient (Wildman–Crippen LogP) is 3.92. The maximum atomic E-state index is 4.59. The number of hydrogen-bond donors (Lipinski definition) is 1. The summed E-state index contributed by atoms with van der Waals surface area (Å²) in [7, 11) is 0. The number of nitrogens with one attached hydrogen (secondary N) is 1. The van der Waals surface area contributed by atoms with Crippen molar-refractivity contribution in [3.8, 4) is 0 Å². The molecule has 0 saturated heterocycles. The zero-order valence-corrected chi connectivity index (χ0v) is 16.2. The van der Waals surface area contributed by atoms with E-state index in [1.54, 1.807) is 18.7 Å². The van der Waals surface area contributed by atoms with E-state index in [0.717, 1.165) is 55.1 Å². The molecule has 26 heavy (non-hydrogen) atoms. The highest BCUT2D eigenvalue weighted by Crippen LogP contribution is 2.30. The van der Waals surface area contributed by atoms with E-state index in [-0.39, 0.29) is 0 Å². The fraction of sp³-hybridized carbons (Fsp3) is 0.450. The van der Waals surface area contributed by atoms with Crippen LogP contribution in [0.4, 0.5) is 11.5 Å². The van der Waals surface area contributed by atoms with Crippen molar-refractivity contribution in [2.24, 2.45) is 0 Å². The van der Waals surface area contributed by atoms with E-state index in [4.69, 9.17) is 0 Å². The Kier molecular flexibility index (Phi) is 5.83. The molecule has 0 spiro atoms. The average Bonchev–Trinajstić information content (AvgIpc) is 2.91. The molecule has 0 atom stereocenters. The quantitative estimate of drug-likeness (QED) is 0.666. The van der Waals surface area contributed by atoms with Crippen molar-refractivity contribution in [1.29, 1.82) is 0 Å². The fourth-order valence-electron chi connectivity index (χ4n) is 3.40. The molecule has 0 fully saturated rings. The molecule has 3 aromatic rings. The highest BCUT2D eigenvalue weighted by Gasteiger charge is 2.16. The van der Waals surface area contributed by atoms with Gasteiger partial charge in [-0.15, -0.1) is 0 Å². The summed E-state index contributed by atoms with van der Waals surface area (Å²) in [5.74, 6) is 0.839. The predicted molar refractivity (Wildman–Crippen MR) is 107 cm³/mol. The zero-order valence-electron chi connectivity index (χ0n) is 16.2. The standard InChI is InChI=1S/C20H28N6/c1-5-25(6-2)11-8-12-26-16(4)15(3)18-19(22-14-23-20(18)26)24-17-9-7-10-21-13-17/h7,9-10,13-14H,5-6,8,11-12H2,1-4H3,(H,22,23,24). The molecule has 0 aliphatic carbocycles. The molecule has 6 heteroatoms. The summed E-state index contributed by atoms with van der Waals surface area (Å²) >= 11 is 0. The molecule has 0 aliphatic heterocycles. The Balaban J connectivity index is 1.89. The number of fused-ring (bicyclic) bond motifs is 1. The molecule has 3 aromatic heterocycles. The second-order valence-electron chi connectivity index (χ2n) is 6.53. The van der Waals surface area contributed by atoms with Crippen molar-refractivity contribution in [2.45, 2.75) is 40.7 Å². The molecule has 0 aromatic carbocycles. The second kappa shape index (κ2) is 8.27. The summed E-state index contributed by atoms with van der Waals surface area (Å²) < 4.78 is 2.32. The lowest BCUT2D eigenvalue weighted by Gasteiger charge is -2.18. The van der Waals surface area contributed by atoms with E-state index in [1.807, 2.05) is 12.1 Å². The summed E-state index contributed by atoms with van der Waals surface area (Å²) in [6.07, 6.45) is 6.32. The smallest absolute Gasteiger partial charge is 0.145 e. The van der Waals surface area contributed by atoms with Crippen LogP contribution in [0.1, 0.15) is 31.5 Å². The number of nitrogens with zero attached hydrogens (tertiary/aromatic N) is 5. The monoisotopic (exact) mass is 352 g/mol. The largest absolute Gasteiger partial charge is 0.338 e. The van der Waals surface area contributed by atoms with Gasteiger partial charge in [-0.05, 0) is 57.6 Å². The summed E-state index contributed by atoms with van der Waals surface area (Å²) in [4.78, 5) is 15.7. The van der Waals surface area contributed by atoms with Gasteiger partial charge in [-0.25, -0.2) is 9.97 Å². The van der Waals surface area contributed by atoms with Gasteiger partial charge in [0.15, 0.2) is 0 Å². The lowest BCUT2D eigenvalue weighted by atomic mass is 10.2. The van der Waals surface area contributed by atoms with Gasteiger partial charge in [0, 0.05) is 18.4 Å². The Morgan fingerprint density at radius 2 is 1.96 bits per heavy atom. The Morgan fingerprint density at radius 3 is 2.65 bits per heavy atom. The minimum Gasteiger partial charge on any atom is -0.338 e. The van der Waals surface area contributed by atoms with Crippen LogP contribution in [0, 0.1) is 13.8 Å². The number of anilines is 2. The van der Waals surface area contributed by atoms with Gasteiger partial charge >= 0.3 is 0 Å². The second-order valence-corrected chi connectivity index (χ2v) is 6.53. The van der Waals surface area contributed by atoms with Crippen LogP contribution in [0.25, 0.3) is 11.0 Å². The van der Waals surface area contributed by atoms with Crippen LogP contribution in [0.15, 0.2) is 30.9 Å². The van der Waals surface area contributed by atoms with Crippen molar-refractivity contribution < 1.29 is 0 Å². The molecular weight excluding hydrogens is 324 g/mol. The van der Waals surface area contributed by atoms with Crippen LogP contribution in [-0.2, 0) is 6.54 Å². The molecule has 0 aliphatic rings. The molecule has 3 rings (SSSR count). The van der Waals surface area contributed by atoms with Gasteiger partial charge in [0.2, 0.25) is 0 Å². The summed E-state index contributed by atoms with van der Waals surface area (Å²) in [5, 5.41) is 4.48. The van der Waals surface area contributed by atoms with Crippen LogP contribution in [0.2, 0.25) is 0 Å². The topological polar surface area (TPSA) is 58.9 Å². The van der Waals surface area contributed by atoms with E-state index < -0.39 is 0 Å². The lowest BCUT2D eigenvalue weighted by Crippen LogP contribution is -2.25. The first-order chi connectivity index (χ1) is 12.7. The van der Waals surface area contributed by atoms with E-state index in [2.05, 4.69) is 57.4 Å². The van der Waals surface area contributed by atoms with Crippen molar-refractivity contribution in [1.82, 2.24) is 24.4 Å². The number of aryl methyl sites for hydroxylation is 2. The van der Waals surface area contributed by atoms with Gasteiger partial charge in [0.25, 0.3) is 0 Å². The van der Waals surface area contributed by atoms with E-state index in [9.17, 15) is 0 Å². The number of aromatic nitrogens is 4. The Labute approximate surface area is 155 Å². The number of pyridine rings is 1. The van der Waals surface area contributed by atoms with Crippen LogP contribution < -0.4 is 5.32 Å². The first-order valence-electron chi connectivity index (χ1n) is 9.35. The van der Waals surface area contributed by atoms with E-state index in [0.29, 0.717) is 0 Å². The molecule has 0 bridgehead atoms. The van der Waals surface area contributed by atoms with Gasteiger partial charge in [0.1, 0.15) is 17.8 Å². The molecule has 6 nitrogen and oxygen atoms in total. The van der Waals surface area contributed by atoms with Gasteiger partial charge in [-0.1, -0.05) is 13.8 Å². The highest BCUT2D eigenvalue weighted by molar-refractivity contribution is 5.93. The van der Waals surface area contributed by atoms with Crippen LogP contribution in [0.3, 0.4) is 0 Å². The number of rotatable bonds is 8. The van der Waals surface area contributed by atoms with Crippen molar-refractivity contribution in [3.63, 3.8) is 0 Å². The zero-order chi connectivity index (χ0) is 18.5. The Bertz CT molecular complexity index is 852. The third kappa shape index (κ3) is 3.70. The van der Waals surface area contributed by atoms with Crippen LogP contribution >= 0.6 is 0 Å². The maximum Gasteiger partial charge on any atom is 0.145 e. The summed E-state index contributed by atoms with van der Waals surface area (Å²) in [6, 6.07) is 3.90. The molecular formula is C20H28N6. The van der Waals surface area contributed by atoms with E-state index >= 15 is 0 Å². The van der Waals surface area contributed by atoms with E-state index in [1.165, 1.54) is 11.3 Å². The molecule has 0 saturated carbocycles. The minimum absolute atomic E-state index is 0.839. The van der Waals surface area contributed by atoms with Gasteiger partial charge in [-0.3, -0.25) is 4.98 Å². The van der Waals surface area contributed by atoms with Crippen LogP contribution in [0.5, 0.6) is 0 Å². The molecule has 0 unspecified atom stereocenters. The van der Waals surface area contributed by atoms with Crippen molar-refractivity contribution >= 4 is 22.5 Å². The SMILES string of the molecule is CCN(CC)CCCn1c(C)c(C)c2c(Nc3cccnc3)ncnc21. The van der Waals surface area contributed by atoms with Gasteiger partial charge in [-0.2, -0.15) is 0 Å². The first kappa shape index (κ1) is 18.3. The highest BCUT2D eigenvalue weighted by atomic mass is 15.1. The molecule has 0 radical (unpaired) electrons. The third-order valence-electron chi connectivity index (χ3n) is 5.08. The maximum absolute atomic E-state index is 4.59. The Hall–Kier alpha value is -2.47. The fourth-order valence-corrected chi connectivity index (χ4v) is 3.40. The molecule has 0 amide bonds. The normalized spacial score (nSPS) is 11.4. The summed E-state index contributed by atoms with van der Waals surface area (Å²) in [6.45, 7) is 13.0. The first-order valence-corrected chi connectivity index (χ1v) is 9.35.